The Hall–Kier alpha value is -3.14. The van der Waals surface area contributed by atoms with E-state index in [1.54, 1.807) is 30.6 Å². The van der Waals surface area contributed by atoms with Gasteiger partial charge in [-0.25, -0.2) is 23.9 Å². The molecule has 0 atom stereocenters. The first-order chi connectivity index (χ1) is 15.1. The molecule has 32 heavy (non-hydrogen) atoms. The number of pyridine rings is 2. The quantitative estimate of drug-likeness (QED) is 0.494. The van der Waals surface area contributed by atoms with Crippen LogP contribution in [0.4, 0.5) is 15.0 Å². The number of anilines is 1. The lowest BCUT2D eigenvalue weighted by Gasteiger charge is -2.36. The summed E-state index contributed by atoms with van der Waals surface area (Å²) in [6.07, 6.45) is 0.952. The van der Waals surface area contributed by atoms with E-state index < -0.39 is 23.5 Å². The minimum atomic E-state index is -0.607. The fourth-order valence-corrected chi connectivity index (χ4v) is 3.21. The van der Waals surface area contributed by atoms with E-state index in [0.29, 0.717) is 26.2 Å². The Kier molecular flexibility index (Phi) is 7.02. The first-order valence-corrected chi connectivity index (χ1v) is 10.3. The molecule has 0 aromatic carbocycles. The molecule has 172 valence electrons. The lowest BCUT2D eigenvalue weighted by Crippen LogP contribution is -2.50. The molecule has 9 nitrogen and oxygen atoms in total. The normalized spacial score (nSPS) is 14.2. The number of carbonyl (C=O) groups is 2. The molecule has 11 heteroatoms. The monoisotopic (exact) mass is 466 g/mol. The van der Waals surface area contributed by atoms with Crippen molar-refractivity contribution in [2.75, 3.05) is 38.2 Å². The maximum Gasteiger partial charge on any atom is 0.410 e. The van der Waals surface area contributed by atoms with Crippen LogP contribution < -0.4 is 9.64 Å². The number of hydrogen-bond acceptors (Lipinski definition) is 8. The third-order valence-corrected chi connectivity index (χ3v) is 4.64. The van der Waals surface area contributed by atoms with Crippen molar-refractivity contribution in [3.05, 3.63) is 40.9 Å². The Morgan fingerprint density at radius 1 is 1.12 bits per heavy atom. The first kappa shape index (κ1) is 23.5. The molecule has 0 bridgehead atoms. The zero-order valence-electron chi connectivity index (χ0n) is 18.2. The van der Waals surface area contributed by atoms with Crippen molar-refractivity contribution >= 4 is 29.5 Å². The molecule has 0 aliphatic carbocycles. The number of esters is 1. The van der Waals surface area contributed by atoms with Crippen LogP contribution in [0.25, 0.3) is 0 Å². The second kappa shape index (κ2) is 9.56. The van der Waals surface area contributed by atoms with Gasteiger partial charge >= 0.3 is 12.1 Å². The van der Waals surface area contributed by atoms with Crippen LogP contribution >= 0.6 is 11.6 Å². The highest BCUT2D eigenvalue weighted by atomic mass is 35.5. The molecule has 0 spiro atoms. The Balaban J connectivity index is 1.66. The third kappa shape index (κ3) is 5.97. The molecule has 0 unspecified atom stereocenters. The largest absolute Gasteiger partial charge is 0.465 e. The van der Waals surface area contributed by atoms with Crippen molar-refractivity contribution in [1.29, 1.82) is 0 Å². The Labute approximate surface area is 190 Å². The van der Waals surface area contributed by atoms with Crippen LogP contribution in [0.1, 0.15) is 31.1 Å². The number of carbonyl (C=O) groups excluding carboxylic acids is 2. The van der Waals surface area contributed by atoms with E-state index in [-0.39, 0.29) is 28.2 Å². The van der Waals surface area contributed by atoms with Crippen LogP contribution in [0.3, 0.4) is 0 Å². The molecule has 1 aliphatic rings. The van der Waals surface area contributed by atoms with Crippen LogP contribution in [0.15, 0.2) is 24.4 Å². The summed E-state index contributed by atoms with van der Waals surface area (Å²) in [4.78, 5) is 35.3. The molecule has 1 amide bonds. The van der Waals surface area contributed by atoms with Gasteiger partial charge in [-0.15, -0.1) is 0 Å². The zero-order valence-corrected chi connectivity index (χ0v) is 19.0. The predicted octanol–water partition coefficient (Wildman–Crippen LogP) is 3.91. The van der Waals surface area contributed by atoms with Gasteiger partial charge in [0.05, 0.1) is 18.9 Å². The van der Waals surface area contributed by atoms with Crippen molar-refractivity contribution < 1.29 is 28.2 Å². The second-order valence-corrected chi connectivity index (χ2v) is 8.43. The van der Waals surface area contributed by atoms with Gasteiger partial charge in [0.25, 0.3) is 0 Å². The van der Waals surface area contributed by atoms with Crippen LogP contribution in [0, 0.1) is 5.82 Å². The minimum absolute atomic E-state index is 0.00201. The van der Waals surface area contributed by atoms with E-state index in [0.717, 1.165) is 0 Å². The number of piperazine rings is 1. The van der Waals surface area contributed by atoms with E-state index in [4.69, 9.17) is 21.1 Å². The SMILES string of the molecule is COC(=O)c1cc(Cl)nc(Oc2cnc(N3CCN(C(=O)OC(C)(C)C)CC3)c(F)c2)c1. The number of amides is 1. The highest BCUT2D eigenvalue weighted by Gasteiger charge is 2.27. The molecule has 1 aliphatic heterocycles. The average Bonchev–Trinajstić information content (AvgIpc) is 2.72. The van der Waals surface area contributed by atoms with E-state index in [2.05, 4.69) is 14.7 Å². The predicted molar refractivity (Wildman–Crippen MR) is 115 cm³/mol. The van der Waals surface area contributed by atoms with E-state index in [1.807, 2.05) is 0 Å². The number of aromatic nitrogens is 2. The summed E-state index contributed by atoms with van der Waals surface area (Å²) in [5.74, 6) is -0.967. The second-order valence-electron chi connectivity index (χ2n) is 8.04. The van der Waals surface area contributed by atoms with E-state index in [1.165, 1.54) is 31.5 Å². The van der Waals surface area contributed by atoms with Crippen LogP contribution in [-0.2, 0) is 9.47 Å². The molecule has 3 rings (SSSR count). The van der Waals surface area contributed by atoms with E-state index >= 15 is 0 Å². The maximum atomic E-state index is 14.7. The summed E-state index contributed by atoms with van der Waals surface area (Å²) >= 11 is 5.91. The van der Waals surface area contributed by atoms with Gasteiger partial charge in [0.2, 0.25) is 5.88 Å². The van der Waals surface area contributed by atoms with Gasteiger partial charge in [-0.1, -0.05) is 11.6 Å². The highest BCUT2D eigenvalue weighted by Crippen LogP contribution is 2.27. The highest BCUT2D eigenvalue weighted by molar-refractivity contribution is 6.29. The molecule has 2 aromatic heterocycles. The van der Waals surface area contributed by atoms with Crippen LogP contribution in [-0.4, -0.2) is 65.8 Å². The van der Waals surface area contributed by atoms with Crippen LogP contribution in [0.2, 0.25) is 5.15 Å². The fourth-order valence-electron chi connectivity index (χ4n) is 3.01. The number of nitrogens with zero attached hydrogens (tertiary/aromatic N) is 4. The summed E-state index contributed by atoms with van der Waals surface area (Å²) < 4.78 is 30.3. The fraction of sp³-hybridized carbons (Fsp3) is 0.429. The summed E-state index contributed by atoms with van der Waals surface area (Å²) in [7, 11) is 1.24. The zero-order chi connectivity index (χ0) is 23.5. The standard InChI is InChI=1S/C21H24ClFN4O5/c1-21(2,3)32-20(29)27-7-5-26(6-8-27)18-15(23)11-14(12-24-18)31-17-10-13(19(28)30-4)9-16(22)25-17/h9-12H,5-8H2,1-4H3. The molecule has 0 N–H and O–H groups in total. The van der Waals surface area contributed by atoms with Gasteiger partial charge in [0, 0.05) is 38.3 Å². The van der Waals surface area contributed by atoms with Gasteiger partial charge in [-0.05, 0) is 26.8 Å². The van der Waals surface area contributed by atoms with Crippen molar-refractivity contribution in [2.45, 2.75) is 26.4 Å². The smallest absolute Gasteiger partial charge is 0.410 e. The first-order valence-electron chi connectivity index (χ1n) is 9.88. The van der Waals surface area contributed by atoms with Crippen molar-refractivity contribution in [3.8, 4) is 11.6 Å². The van der Waals surface area contributed by atoms with Crippen molar-refractivity contribution in [2.24, 2.45) is 0 Å². The molecule has 0 saturated carbocycles. The molecular weight excluding hydrogens is 443 g/mol. The minimum Gasteiger partial charge on any atom is -0.465 e. The molecular formula is C21H24ClFN4O5. The molecule has 3 heterocycles. The summed E-state index contributed by atoms with van der Waals surface area (Å²) in [6, 6.07) is 3.83. The van der Waals surface area contributed by atoms with Gasteiger partial charge in [0.1, 0.15) is 10.8 Å². The number of rotatable bonds is 4. The molecule has 0 radical (unpaired) electrons. The van der Waals surface area contributed by atoms with Crippen molar-refractivity contribution in [1.82, 2.24) is 14.9 Å². The summed E-state index contributed by atoms with van der Waals surface area (Å²) in [5, 5.41) is 0.0239. The van der Waals surface area contributed by atoms with Crippen LogP contribution in [0.5, 0.6) is 11.6 Å². The van der Waals surface area contributed by atoms with Crippen molar-refractivity contribution in [3.63, 3.8) is 0 Å². The number of methoxy groups -OCH3 is 1. The lowest BCUT2D eigenvalue weighted by molar-refractivity contribution is 0.0240. The Bertz CT molecular complexity index is 1010. The average molecular weight is 467 g/mol. The Morgan fingerprint density at radius 2 is 1.81 bits per heavy atom. The maximum absolute atomic E-state index is 14.7. The van der Waals surface area contributed by atoms with Gasteiger partial charge < -0.3 is 24.0 Å². The molecule has 1 saturated heterocycles. The lowest BCUT2D eigenvalue weighted by atomic mass is 10.2. The molecule has 1 fully saturated rings. The third-order valence-electron chi connectivity index (χ3n) is 4.44. The summed E-state index contributed by atoms with van der Waals surface area (Å²) in [6.45, 7) is 7.00. The topological polar surface area (TPSA) is 94.1 Å². The number of halogens is 2. The number of ether oxygens (including phenoxy) is 3. The van der Waals surface area contributed by atoms with E-state index in [9.17, 15) is 14.0 Å². The molecule has 2 aromatic rings. The Morgan fingerprint density at radius 3 is 2.41 bits per heavy atom. The van der Waals surface area contributed by atoms with Gasteiger partial charge in [-0.2, -0.15) is 0 Å². The van der Waals surface area contributed by atoms with Gasteiger partial charge in [-0.3, -0.25) is 0 Å². The number of hydrogen-bond donors (Lipinski definition) is 0. The summed E-state index contributed by atoms with van der Waals surface area (Å²) in [5.41, 5.74) is -0.428. The van der Waals surface area contributed by atoms with Gasteiger partial charge in [0.15, 0.2) is 17.4 Å².